The summed E-state index contributed by atoms with van der Waals surface area (Å²) in [6.45, 7) is 2.09. The van der Waals surface area contributed by atoms with Gasteiger partial charge in [-0.15, -0.1) is 0 Å². The summed E-state index contributed by atoms with van der Waals surface area (Å²) in [6.07, 6.45) is 5.57. The van der Waals surface area contributed by atoms with Crippen molar-refractivity contribution in [2.75, 3.05) is 20.4 Å². The summed E-state index contributed by atoms with van der Waals surface area (Å²) < 4.78 is 16.9. The van der Waals surface area contributed by atoms with E-state index >= 15 is 0 Å². The Morgan fingerprint density at radius 2 is 2.32 bits per heavy atom. The zero-order valence-corrected chi connectivity index (χ0v) is 12.5. The Morgan fingerprint density at radius 1 is 1.41 bits per heavy atom. The van der Waals surface area contributed by atoms with Crippen molar-refractivity contribution >= 4 is 0 Å². The molecule has 4 atom stereocenters. The molecule has 0 amide bonds. The summed E-state index contributed by atoms with van der Waals surface area (Å²) in [7, 11) is 1.68. The molecule has 1 aromatic carbocycles. The van der Waals surface area contributed by atoms with Gasteiger partial charge < -0.3 is 19.3 Å². The quantitative estimate of drug-likeness (QED) is 0.798. The first kappa shape index (κ1) is 12.8. The van der Waals surface area contributed by atoms with Crippen molar-refractivity contribution in [2.24, 2.45) is 0 Å². The number of fused-ring (bicyclic) bond motifs is 2. The highest BCUT2D eigenvalue weighted by atomic mass is 16.7. The third-order valence-corrected chi connectivity index (χ3v) is 5.84. The highest BCUT2D eigenvalue weighted by Crippen LogP contribution is 2.57. The molecule has 1 aromatic rings. The minimum absolute atomic E-state index is 0.233. The highest BCUT2D eigenvalue weighted by Gasteiger charge is 2.57. The number of aliphatic hydroxyl groups excluding tert-OH is 1. The van der Waals surface area contributed by atoms with Crippen LogP contribution in [0, 0.1) is 0 Å². The van der Waals surface area contributed by atoms with E-state index in [0.29, 0.717) is 11.8 Å². The first-order valence-electron chi connectivity index (χ1n) is 7.84. The lowest BCUT2D eigenvalue weighted by Gasteiger charge is -2.47. The number of ether oxygens (including phenoxy) is 3. The van der Waals surface area contributed by atoms with E-state index in [2.05, 4.69) is 17.0 Å². The molecule has 0 aromatic heterocycles. The zero-order chi connectivity index (χ0) is 14.9. The lowest BCUT2D eigenvalue weighted by atomic mass is 9.64. The SMILES string of the molecule is COc1c2c(cc3c1OCO3)[C@]13CCN(C2)[C@H]1CC=C[C@@H]3O. The predicted octanol–water partition coefficient (Wildman–Crippen LogP) is 1.57. The van der Waals surface area contributed by atoms with Crippen LogP contribution >= 0.6 is 0 Å². The molecule has 1 saturated heterocycles. The van der Waals surface area contributed by atoms with Gasteiger partial charge in [0, 0.05) is 23.6 Å². The molecule has 2 bridgehead atoms. The maximum Gasteiger partial charge on any atom is 0.231 e. The monoisotopic (exact) mass is 301 g/mol. The van der Waals surface area contributed by atoms with E-state index in [4.69, 9.17) is 14.2 Å². The van der Waals surface area contributed by atoms with Gasteiger partial charge in [-0.1, -0.05) is 12.2 Å². The second-order valence-corrected chi connectivity index (χ2v) is 6.56. The first-order valence-corrected chi connectivity index (χ1v) is 7.84. The van der Waals surface area contributed by atoms with Crippen LogP contribution in [0.15, 0.2) is 18.2 Å². The fourth-order valence-corrected chi connectivity index (χ4v) is 4.89. The number of hydrogen-bond acceptors (Lipinski definition) is 5. The van der Waals surface area contributed by atoms with Crippen LogP contribution < -0.4 is 14.2 Å². The Kier molecular flexibility index (Phi) is 2.43. The van der Waals surface area contributed by atoms with Crippen molar-refractivity contribution in [2.45, 2.75) is 36.9 Å². The summed E-state index contributed by atoms with van der Waals surface area (Å²) in [4.78, 5) is 2.47. The minimum Gasteiger partial charge on any atom is -0.492 e. The van der Waals surface area contributed by atoms with E-state index in [-0.39, 0.29) is 12.2 Å². The van der Waals surface area contributed by atoms with Gasteiger partial charge in [-0.2, -0.15) is 0 Å². The maximum absolute atomic E-state index is 10.8. The molecule has 1 fully saturated rings. The number of rotatable bonds is 1. The number of methoxy groups -OCH3 is 1. The average Bonchev–Trinajstić information content (AvgIpc) is 3.09. The Morgan fingerprint density at radius 3 is 3.18 bits per heavy atom. The standard InChI is InChI=1S/C17H19NO4/c1-20-15-10-8-18-6-5-17(13(18)3-2-4-14(17)19)11(10)7-12-16(15)22-9-21-12/h2,4,7,13-14,19H,3,5-6,8-9H2,1H3/t13-,14-,17+/m0/s1. The zero-order valence-electron chi connectivity index (χ0n) is 12.5. The maximum atomic E-state index is 10.8. The topological polar surface area (TPSA) is 51.2 Å². The van der Waals surface area contributed by atoms with Crippen molar-refractivity contribution in [1.29, 1.82) is 0 Å². The van der Waals surface area contributed by atoms with E-state index < -0.39 is 6.10 Å². The Hall–Kier alpha value is -1.72. The first-order chi connectivity index (χ1) is 10.8. The number of aliphatic hydroxyl groups is 1. The summed E-state index contributed by atoms with van der Waals surface area (Å²) in [6, 6.07) is 2.45. The van der Waals surface area contributed by atoms with Gasteiger partial charge in [0.1, 0.15) is 0 Å². The van der Waals surface area contributed by atoms with Gasteiger partial charge in [0.2, 0.25) is 12.5 Å². The molecule has 0 radical (unpaired) electrons. The highest BCUT2D eigenvalue weighted by molar-refractivity contribution is 5.64. The molecule has 3 aliphatic heterocycles. The predicted molar refractivity (Wildman–Crippen MR) is 79.4 cm³/mol. The van der Waals surface area contributed by atoms with Crippen LogP contribution in [0.25, 0.3) is 0 Å². The van der Waals surface area contributed by atoms with Crippen LogP contribution in [0.3, 0.4) is 0 Å². The molecule has 4 aliphatic rings. The van der Waals surface area contributed by atoms with E-state index in [1.54, 1.807) is 7.11 Å². The van der Waals surface area contributed by atoms with Gasteiger partial charge in [-0.3, -0.25) is 4.90 Å². The molecule has 1 unspecified atom stereocenters. The van der Waals surface area contributed by atoms with Gasteiger partial charge in [0.25, 0.3) is 0 Å². The molecule has 1 N–H and O–H groups in total. The van der Waals surface area contributed by atoms with E-state index in [0.717, 1.165) is 43.0 Å². The molecular weight excluding hydrogens is 282 g/mol. The number of nitrogens with zero attached hydrogens (tertiary/aromatic N) is 1. The van der Waals surface area contributed by atoms with Crippen molar-refractivity contribution < 1.29 is 19.3 Å². The second kappa shape index (κ2) is 4.18. The van der Waals surface area contributed by atoms with Gasteiger partial charge >= 0.3 is 0 Å². The normalized spacial score (nSPS) is 36.9. The number of benzene rings is 1. The van der Waals surface area contributed by atoms with Crippen molar-refractivity contribution in [1.82, 2.24) is 4.90 Å². The molecule has 1 aliphatic carbocycles. The third-order valence-electron chi connectivity index (χ3n) is 5.84. The van der Waals surface area contributed by atoms with Crippen LogP contribution in [-0.4, -0.2) is 42.6 Å². The van der Waals surface area contributed by atoms with Crippen LogP contribution in [-0.2, 0) is 12.0 Å². The van der Waals surface area contributed by atoms with Crippen molar-refractivity contribution in [3.8, 4) is 17.2 Å². The van der Waals surface area contributed by atoms with E-state index in [1.807, 2.05) is 6.08 Å². The molecule has 0 spiro atoms. The van der Waals surface area contributed by atoms with Gasteiger partial charge in [-0.25, -0.2) is 0 Å². The van der Waals surface area contributed by atoms with Gasteiger partial charge in [0.05, 0.1) is 13.2 Å². The summed E-state index contributed by atoms with van der Waals surface area (Å²) >= 11 is 0. The molecule has 0 saturated carbocycles. The molecule has 5 rings (SSSR count). The van der Waals surface area contributed by atoms with Crippen LogP contribution in [0.5, 0.6) is 17.2 Å². The molecule has 5 heteroatoms. The second-order valence-electron chi connectivity index (χ2n) is 6.56. The van der Waals surface area contributed by atoms with E-state index in [1.165, 1.54) is 5.56 Å². The largest absolute Gasteiger partial charge is 0.492 e. The molecule has 116 valence electrons. The average molecular weight is 301 g/mol. The summed E-state index contributed by atoms with van der Waals surface area (Å²) in [5.74, 6) is 2.22. The lowest BCUT2D eigenvalue weighted by Crippen LogP contribution is -2.54. The van der Waals surface area contributed by atoms with Crippen LogP contribution in [0.1, 0.15) is 24.0 Å². The van der Waals surface area contributed by atoms with Gasteiger partial charge in [0.15, 0.2) is 11.5 Å². The molecule has 3 heterocycles. The summed E-state index contributed by atoms with van der Waals surface area (Å²) in [5.41, 5.74) is 2.09. The van der Waals surface area contributed by atoms with Crippen LogP contribution in [0.4, 0.5) is 0 Å². The Bertz CT molecular complexity index is 686. The molecular formula is C17H19NO4. The smallest absolute Gasteiger partial charge is 0.231 e. The van der Waals surface area contributed by atoms with Crippen molar-refractivity contribution in [3.05, 3.63) is 29.3 Å². The fraction of sp³-hybridized carbons (Fsp3) is 0.529. The summed E-state index contributed by atoms with van der Waals surface area (Å²) in [5, 5.41) is 10.8. The third kappa shape index (κ3) is 1.32. The number of hydrogen-bond donors (Lipinski definition) is 1. The fourth-order valence-electron chi connectivity index (χ4n) is 4.89. The lowest BCUT2D eigenvalue weighted by molar-refractivity contribution is 0.0627. The Labute approximate surface area is 129 Å². The van der Waals surface area contributed by atoms with Crippen molar-refractivity contribution in [3.63, 3.8) is 0 Å². The minimum atomic E-state index is -0.458. The molecule has 5 nitrogen and oxygen atoms in total. The van der Waals surface area contributed by atoms with Crippen LogP contribution in [0.2, 0.25) is 0 Å². The Balaban J connectivity index is 1.80. The molecule has 22 heavy (non-hydrogen) atoms. The van der Waals surface area contributed by atoms with E-state index in [9.17, 15) is 5.11 Å². The van der Waals surface area contributed by atoms with Gasteiger partial charge in [-0.05, 0) is 31.0 Å².